The number of benzene rings is 1. The number of phenolic OH excluding ortho intramolecular Hbond substituents is 1. The van der Waals surface area contributed by atoms with Gasteiger partial charge in [0.05, 0.1) is 12.7 Å². The molecule has 0 unspecified atom stereocenters. The Morgan fingerprint density at radius 2 is 2.16 bits per heavy atom. The lowest BCUT2D eigenvalue weighted by Gasteiger charge is -2.09. The number of aromatic nitrogens is 2. The average Bonchev–Trinajstić information content (AvgIpc) is 2.68. The van der Waals surface area contributed by atoms with Gasteiger partial charge in [0.1, 0.15) is 5.75 Å². The van der Waals surface area contributed by atoms with Gasteiger partial charge >= 0.3 is 0 Å². The van der Waals surface area contributed by atoms with Crippen molar-refractivity contribution in [2.24, 2.45) is 0 Å². The quantitative estimate of drug-likeness (QED) is 0.867. The summed E-state index contributed by atoms with van der Waals surface area (Å²) in [7, 11) is 0. The zero-order valence-electron chi connectivity index (χ0n) is 11.7. The lowest BCUT2D eigenvalue weighted by Crippen LogP contribution is -2.22. The van der Waals surface area contributed by atoms with Crippen LogP contribution in [0, 0.1) is 6.92 Å². The van der Waals surface area contributed by atoms with Crippen LogP contribution in [0.25, 0.3) is 0 Å². The van der Waals surface area contributed by atoms with Gasteiger partial charge in [0.15, 0.2) is 0 Å². The number of hydrogen-bond acceptors (Lipinski definition) is 3. The first-order chi connectivity index (χ1) is 9.06. The van der Waals surface area contributed by atoms with Crippen LogP contribution in [0.15, 0.2) is 30.5 Å². The van der Waals surface area contributed by atoms with Crippen LogP contribution in [0.4, 0.5) is 0 Å². The van der Waals surface area contributed by atoms with Crippen molar-refractivity contribution >= 4 is 0 Å². The lowest BCUT2D eigenvalue weighted by atomic mass is 10.2. The molecule has 4 heteroatoms. The van der Waals surface area contributed by atoms with E-state index in [1.54, 1.807) is 12.1 Å². The summed E-state index contributed by atoms with van der Waals surface area (Å²) < 4.78 is 1.96. The molecule has 0 aliphatic rings. The second-order valence-electron chi connectivity index (χ2n) is 5.12. The Morgan fingerprint density at radius 3 is 2.84 bits per heavy atom. The zero-order chi connectivity index (χ0) is 13.8. The highest BCUT2D eigenvalue weighted by molar-refractivity contribution is 5.28. The topological polar surface area (TPSA) is 50.1 Å². The first-order valence-electron chi connectivity index (χ1n) is 6.59. The number of nitrogens with one attached hydrogen (secondary N) is 1. The summed E-state index contributed by atoms with van der Waals surface area (Å²) in [5.74, 6) is 0.295. The van der Waals surface area contributed by atoms with Crippen LogP contribution in [0.5, 0.6) is 5.75 Å². The Morgan fingerprint density at radius 1 is 1.37 bits per heavy atom. The molecule has 2 aromatic rings. The molecule has 0 radical (unpaired) electrons. The monoisotopic (exact) mass is 259 g/mol. The molecule has 0 bridgehead atoms. The third-order valence-corrected chi connectivity index (χ3v) is 3.15. The highest BCUT2D eigenvalue weighted by Crippen LogP contribution is 2.14. The van der Waals surface area contributed by atoms with Gasteiger partial charge in [-0.05, 0) is 24.6 Å². The van der Waals surface area contributed by atoms with E-state index < -0.39 is 0 Å². The normalized spacial score (nSPS) is 11.2. The predicted molar refractivity (Wildman–Crippen MR) is 76.1 cm³/mol. The largest absolute Gasteiger partial charge is 0.508 e. The third-order valence-electron chi connectivity index (χ3n) is 3.15. The van der Waals surface area contributed by atoms with Crippen molar-refractivity contribution in [1.29, 1.82) is 0 Å². The molecule has 4 nitrogen and oxygen atoms in total. The zero-order valence-corrected chi connectivity index (χ0v) is 11.7. The van der Waals surface area contributed by atoms with Crippen LogP contribution < -0.4 is 5.32 Å². The molecule has 0 spiro atoms. The van der Waals surface area contributed by atoms with Crippen LogP contribution in [-0.4, -0.2) is 20.9 Å². The van der Waals surface area contributed by atoms with E-state index in [0.717, 1.165) is 17.8 Å². The van der Waals surface area contributed by atoms with E-state index >= 15 is 0 Å². The molecule has 0 atom stereocenters. The molecule has 0 saturated heterocycles. The fraction of sp³-hybridized carbons (Fsp3) is 0.400. The molecule has 2 rings (SSSR count). The highest BCUT2D eigenvalue weighted by Gasteiger charge is 2.07. The Kier molecular flexibility index (Phi) is 4.22. The van der Waals surface area contributed by atoms with Gasteiger partial charge in [0.2, 0.25) is 0 Å². The Balaban J connectivity index is 2.09. The van der Waals surface area contributed by atoms with Crippen LogP contribution in [0.2, 0.25) is 0 Å². The van der Waals surface area contributed by atoms with Gasteiger partial charge < -0.3 is 10.4 Å². The molecule has 0 aliphatic carbocycles. The molecule has 0 amide bonds. The minimum atomic E-state index is 0.295. The number of nitrogens with zero attached hydrogens (tertiary/aromatic N) is 2. The maximum Gasteiger partial charge on any atom is 0.115 e. The van der Waals surface area contributed by atoms with E-state index in [9.17, 15) is 5.11 Å². The molecular weight excluding hydrogens is 238 g/mol. The second kappa shape index (κ2) is 5.89. The van der Waals surface area contributed by atoms with Crippen molar-refractivity contribution in [2.75, 3.05) is 0 Å². The molecule has 19 heavy (non-hydrogen) atoms. The van der Waals surface area contributed by atoms with Crippen molar-refractivity contribution in [2.45, 2.75) is 39.9 Å². The molecule has 0 saturated carbocycles. The third kappa shape index (κ3) is 3.58. The van der Waals surface area contributed by atoms with E-state index in [4.69, 9.17) is 0 Å². The minimum Gasteiger partial charge on any atom is -0.508 e. The highest BCUT2D eigenvalue weighted by atomic mass is 16.3. The molecule has 102 valence electrons. The summed E-state index contributed by atoms with van der Waals surface area (Å²) in [5, 5.41) is 17.3. The van der Waals surface area contributed by atoms with Gasteiger partial charge in [0.25, 0.3) is 0 Å². The second-order valence-corrected chi connectivity index (χ2v) is 5.12. The average molecular weight is 259 g/mol. The van der Waals surface area contributed by atoms with Crippen molar-refractivity contribution in [3.05, 3.63) is 47.3 Å². The van der Waals surface area contributed by atoms with Gasteiger partial charge in [0, 0.05) is 23.8 Å². The fourth-order valence-electron chi connectivity index (χ4n) is 1.96. The summed E-state index contributed by atoms with van der Waals surface area (Å²) in [6.07, 6.45) is 1.91. The molecule has 0 aliphatic heterocycles. The molecule has 2 N–H and O–H groups in total. The number of rotatable bonds is 5. The minimum absolute atomic E-state index is 0.295. The summed E-state index contributed by atoms with van der Waals surface area (Å²) >= 11 is 0. The summed E-state index contributed by atoms with van der Waals surface area (Å²) in [4.78, 5) is 0. The Labute approximate surface area is 114 Å². The molecule has 1 heterocycles. The number of phenols is 1. The maximum absolute atomic E-state index is 9.47. The van der Waals surface area contributed by atoms with E-state index in [-0.39, 0.29) is 0 Å². The fourth-order valence-corrected chi connectivity index (χ4v) is 1.96. The van der Waals surface area contributed by atoms with Gasteiger partial charge in [-0.1, -0.05) is 26.0 Å². The molecule has 0 fully saturated rings. The standard InChI is InChI=1S/C15H21N3O/c1-11(2)16-8-14-9-17-18(12(14)3)10-13-5-4-6-15(19)7-13/h4-7,9,11,16,19H,8,10H2,1-3H3. The van der Waals surface area contributed by atoms with Crippen molar-refractivity contribution in [3.63, 3.8) is 0 Å². The van der Waals surface area contributed by atoms with Crippen LogP contribution in [0.3, 0.4) is 0 Å². The SMILES string of the molecule is Cc1c(CNC(C)C)cnn1Cc1cccc(O)c1. The van der Waals surface area contributed by atoms with E-state index in [0.29, 0.717) is 18.3 Å². The summed E-state index contributed by atoms with van der Waals surface area (Å²) in [6.45, 7) is 7.86. The first-order valence-corrected chi connectivity index (χ1v) is 6.59. The predicted octanol–water partition coefficient (Wildman–Crippen LogP) is 2.44. The summed E-state index contributed by atoms with van der Waals surface area (Å²) in [5.41, 5.74) is 3.43. The van der Waals surface area contributed by atoms with Gasteiger partial charge in [-0.25, -0.2) is 0 Å². The summed E-state index contributed by atoms with van der Waals surface area (Å²) in [6, 6.07) is 7.76. The number of aromatic hydroxyl groups is 1. The maximum atomic E-state index is 9.47. The Hall–Kier alpha value is -1.81. The lowest BCUT2D eigenvalue weighted by molar-refractivity contribution is 0.474. The molecule has 1 aromatic heterocycles. The molecule has 1 aromatic carbocycles. The first kappa shape index (κ1) is 13.6. The van der Waals surface area contributed by atoms with Crippen LogP contribution >= 0.6 is 0 Å². The molecular formula is C15H21N3O. The van der Waals surface area contributed by atoms with Crippen molar-refractivity contribution < 1.29 is 5.11 Å². The van der Waals surface area contributed by atoms with Crippen LogP contribution in [0.1, 0.15) is 30.7 Å². The van der Waals surface area contributed by atoms with Gasteiger partial charge in [-0.2, -0.15) is 5.10 Å². The van der Waals surface area contributed by atoms with E-state index in [1.807, 2.05) is 23.0 Å². The van der Waals surface area contributed by atoms with Crippen molar-refractivity contribution in [3.8, 4) is 5.75 Å². The van der Waals surface area contributed by atoms with E-state index in [1.165, 1.54) is 5.56 Å². The van der Waals surface area contributed by atoms with E-state index in [2.05, 4.69) is 31.2 Å². The van der Waals surface area contributed by atoms with Gasteiger partial charge in [-0.3, -0.25) is 4.68 Å². The van der Waals surface area contributed by atoms with Crippen LogP contribution in [-0.2, 0) is 13.1 Å². The smallest absolute Gasteiger partial charge is 0.115 e. The van der Waals surface area contributed by atoms with Crippen molar-refractivity contribution in [1.82, 2.24) is 15.1 Å². The Bertz CT molecular complexity index is 546. The van der Waals surface area contributed by atoms with Gasteiger partial charge in [-0.15, -0.1) is 0 Å². The number of hydrogen-bond donors (Lipinski definition) is 2.